The highest BCUT2D eigenvalue weighted by Gasteiger charge is 2.21. The number of carbonyl (C=O) groups excluding carboxylic acids is 1. The summed E-state index contributed by atoms with van der Waals surface area (Å²) in [5.74, 6) is 1.54. The van der Waals surface area contributed by atoms with Crippen LogP contribution >= 0.6 is 0 Å². The Labute approximate surface area is 158 Å². The lowest BCUT2D eigenvalue weighted by Gasteiger charge is -2.31. The first-order valence-corrected chi connectivity index (χ1v) is 9.18. The molecule has 0 radical (unpaired) electrons. The number of piperidine rings is 1. The maximum atomic E-state index is 11.4. The maximum absolute atomic E-state index is 11.4. The standard InChI is InChI=1S/C21H22N4O2/c1-15(26)25-12-10-19(11-13-25)27-18-8-6-17(7-9-18)23-21-22-14-16-4-2-3-5-20(16)24-21/h2-9,14,19H,10-13H2,1H3,(H,22,23,24). The summed E-state index contributed by atoms with van der Waals surface area (Å²) >= 11 is 0. The summed E-state index contributed by atoms with van der Waals surface area (Å²) in [5, 5.41) is 4.24. The molecule has 0 atom stereocenters. The third kappa shape index (κ3) is 4.16. The van der Waals surface area contributed by atoms with Crippen LogP contribution in [-0.4, -0.2) is 40.0 Å². The van der Waals surface area contributed by atoms with Gasteiger partial charge in [0.05, 0.1) is 5.52 Å². The molecule has 1 fully saturated rings. The van der Waals surface area contributed by atoms with E-state index < -0.39 is 0 Å². The first-order chi connectivity index (χ1) is 13.2. The highest BCUT2D eigenvalue weighted by atomic mass is 16.5. The molecule has 1 aromatic heterocycles. The predicted octanol–water partition coefficient (Wildman–Crippen LogP) is 3.76. The van der Waals surface area contributed by atoms with Gasteiger partial charge in [-0.2, -0.15) is 0 Å². The molecule has 2 aromatic carbocycles. The van der Waals surface area contributed by atoms with Crippen LogP contribution in [0, 0.1) is 0 Å². The summed E-state index contributed by atoms with van der Waals surface area (Å²) in [6.45, 7) is 3.14. The van der Waals surface area contributed by atoms with Crippen molar-refractivity contribution in [2.45, 2.75) is 25.9 Å². The Hall–Kier alpha value is -3.15. The van der Waals surface area contributed by atoms with Crippen LogP contribution in [0.15, 0.2) is 54.7 Å². The van der Waals surface area contributed by atoms with Crippen molar-refractivity contribution in [3.63, 3.8) is 0 Å². The minimum absolute atomic E-state index is 0.139. The molecular formula is C21H22N4O2. The molecule has 0 saturated carbocycles. The number of para-hydroxylation sites is 1. The minimum atomic E-state index is 0.139. The molecule has 0 spiro atoms. The number of benzene rings is 2. The Balaban J connectivity index is 1.36. The van der Waals surface area contributed by atoms with Gasteiger partial charge < -0.3 is 15.0 Å². The van der Waals surface area contributed by atoms with Crippen LogP contribution in [0.5, 0.6) is 5.75 Å². The molecule has 1 aliphatic rings. The fourth-order valence-corrected chi connectivity index (χ4v) is 3.26. The lowest BCUT2D eigenvalue weighted by Crippen LogP contribution is -2.40. The number of hydrogen-bond donors (Lipinski definition) is 1. The molecule has 27 heavy (non-hydrogen) atoms. The van der Waals surface area contributed by atoms with Crippen molar-refractivity contribution in [3.05, 3.63) is 54.7 Å². The van der Waals surface area contributed by atoms with Crippen LogP contribution in [0.4, 0.5) is 11.6 Å². The van der Waals surface area contributed by atoms with Crippen molar-refractivity contribution in [2.24, 2.45) is 0 Å². The van der Waals surface area contributed by atoms with E-state index in [-0.39, 0.29) is 12.0 Å². The molecule has 1 N–H and O–H groups in total. The van der Waals surface area contributed by atoms with Gasteiger partial charge in [0.1, 0.15) is 11.9 Å². The van der Waals surface area contributed by atoms with Gasteiger partial charge in [-0.15, -0.1) is 0 Å². The monoisotopic (exact) mass is 362 g/mol. The molecule has 3 aromatic rings. The number of amides is 1. The number of rotatable bonds is 4. The largest absolute Gasteiger partial charge is 0.490 e. The Kier molecular flexibility index (Phi) is 4.87. The number of fused-ring (bicyclic) bond motifs is 1. The van der Waals surface area contributed by atoms with Gasteiger partial charge in [-0.25, -0.2) is 9.97 Å². The number of aromatic nitrogens is 2. The third-order valence-corrected chi connectivity index (χ3v) is 4.79. The summed E-state index contributed by atoms with van der Waals surface area (Å²) < 4.78 is 6.05. The van der Waals surface area contributed by atoms with E-state index in [0.29, 0.717) is 5.95 Å². The molecule has 1 saturated heterocycles. The summed E-state index contributed by atoms with van der Waals surface area (Å²) in [6, 6.07) is 15.7. The summed E-state index contributed by atoms with van der Waals surface area (Å²) in [5.41, 5.74) is 1.82. The zero-order valence-electron chi connectivity index (χ0n) is 15.3. The Morgan fingerprint density at radius 1 is 1.11 bits per heavy atom. The average molecular weight is 362 g/mol. The normalized spacial score (nSPS) is 14.9. The van der Waals surface area contributed by atoms with Crippen molar-refractivity contribution in [2.75, 3.05) is 18.4 Å². The molecule has 2 heterocycles. The minimum Gasteiger partial charge on any atom is -0.490 e. The Morgan fingerprint density at radius 3 is 2.59 bits per heavy atom. The van der Waals surface area contributed by atoms with E-state index in [9.17, 15) is 4.79 Å². The van der Waals surface area contributed by atoms with Crippen LogP contribution in [0.3, 0.4) is 0 Å². The van der Waals surface area contributed by atoms with Gasteiger partial charge in [0.25, 0.3) is 0 Å². The van der Waals surface area contributed by atoms with Crippen molar-refractivity contribution in [3.8, 4) is 5.75 Å². The number of anilines is 2. The topological polar surface area (TPSA) is 67.3 Å². The number of likely N-dealkylation sites (tertiary alicyclic amines) is 1. The van der Waals surface area contributed by atoms with E-state index in [4.69, 9.17) is 4.74 Å². The van der Waals surface area contributed by atoms with Gasteiger partial charge in [0.15, 0.2) is 0 Å². The van der Waals surface area contributed by atoms with Gasteiger partial charge in [0.2, 0.25) is 11.9 Å². The number of hydrogen-bond acceptors (Lipinski definition) is 5. The van der Waals surface area contributed by atoms with E-state index in [1.54, 1.807) is 6.92 Å². The van der Waals surface area contributed by atoms with Gasteiger partial charge in [-0.05, 0) is 30.3 Å². The van der Waals surface area contributed by atoms with E-state index in [1.165, 1.54) is 0 Å². The van der Waals surface area contributed by atoms with Crippen LogP contribution in [0.2, 0.25) is 0 Å². The Morgan fingerprint density at radius 2 is 1.85 bits per heavy atom. The average Bonchev–Trinajstić information content (AvgIpc) is 2.70. The molecule has 6 heteroatoms. The smallest absolute Gasteiger partial charge is 0.227 e. The first kappa shape index (κ1) is 17.3. The molecule has 6 nitrogen and oxygen atoms in total. The Bertz CT molecular complexity index is 934. The number of nitrogens with one attached hydrogen (secondary N) is 1. The molecular weight excluding hydrogens is 340 g/mol. The number of nitrogens with zero attached hydrogens (tertiary/aromatic N) is 3. The lowest BCUT2D eigenvalue weighted by molar-refractivity contribution is -0.130. The molecule has 1 amide bonds. The molecule has 138 valence electrons. The van der Waals surface area contributed by atoms with Crippen molar-refractivity contribution in [1.82, 2.24) is 14.9 Å². The third-order valence-electron chi connectivity index (χ3n) is 4.79. The van der Waals surface area contributed by atoms with E-state index >= 15 is 0 Å². The zero-order chi connectivity index (χ0) is 18.6. The van der Waals surface area contributed by atoms with Crippen LogP contribution in [0.25, 0.3) is 10.9 Å². The SMILES string of the molecule is CC(=O)N1CCC(Oc2ccc(Nc3ncc4ccccc4n3)cc2)CC1. The van der Waals surface area contributed by atoms with Crippen LogP contribution < -0.4 is 10.1 Å². The highest BCUT2D eigenvalue weighted by Crippen LogP contribution is 2.23. The number of ether oxygens (including phenoxy) is 1. The predicted molar refractivity (Wildman–Crippen MR) is 105 cm³/mol. The van der Waals surface area contributed by atoms with E-state index in [1.807, 2.05) is 59.6 Å². The van der Waals surface area contributed by atoms with Crippen molar-refractivity contribution in [1.29, 1.82) is 0 Å². The lowest BCUT2D eigenvalue weighted by atomic mass is 10.1. The summed E-state index contributed by atoms with van der Waals surface area (Å²) in [6.07, 6.45) is 3.70. The quantitative estimate of drug-likeness (QED) is 0.765. The molecule has 0 unspecified atom stereocenters. The second-order valence-corrected chi connectivity index (χ2v) is 6.73. The molecule has 4 rings (SSSR count). The van der Waals surface area contributed by atoms with Gasteiger partial charge in [-0.3, -0.25) is 4.79 Å². The van der Waals surface area contributed by atoms with Gasteiger partial charge in [-0.1, -0.05) is 18.2 Å². The molecule has 1 aliphatic heterocycles. The number of carbonyl (C=O) groups is 1. The van der Waals surface area contributed by atoms with Crippen molar-refractivity contribution < 1.29 is 9.53 Å². The van der Waals surface area contributed by atoms with E-state index in [0.717, 1.165) is 48.3 Å². The fourth-order valence-electron chi connectivity index (χ4n) is 3.26. The summed E-state index contributed by atoms with van der Waals surface area (Å²) in [7, 11) is 0. The first-order valence-electron chi connectivity index (χ1n) is 9.18. The van der Waals surface area contributed by atoms with Gasteiger partial charge in [0, 0.05) is 50.1 Å². The molecule has 0 aliphatic carbocycles. The fraction of sp³-hybridized carbons (Fsp3) is 0.286. The second-order valence-electron chi connectivity index (χ2n) is 6.73. The second kappa shape index (κ2) is 7.61. The molecule has 0 bridgehead atoms. The highest BCUT2D eigenvalue weighted by molar-refractivity contribution is 5.78. The van der Waals surface area contributed by atoms with Gasteiger partial charge >= 0.3 is 0 Å². The van der Waals surface area contributed by atoms with Crippen LogP contribution in [-0.2, 0) is 4.79 Å². The maximum Gasteiger partial charge on any atom is 0.227 e. The zero-order valence-corrected chi connectivity index (χ0v) is 15.3. The van der Waals surface area contributed by atoms with Crippen LogP contribution in [0.1, 0.15) is 19.8 Å². The van der Waals surface area contributed by atoms with Crippen molar-refractivity contribution >= 4 is 28.4 Å². The van der Waals surface area contributed by atoms with E-state index in [2.05, 4.69) is 15.3 Å². The summed E-state index contributed by atoms with van der Waals surface area (Å²) in [4.78, 5) is 22.1.